The topological polar surface area (TPSA) is 246 Å². The van der Waals surface area contributed by atoms with Crippen LogP contribution in [0.1, 0.15) is 161 Å². The third-order valence-corrected chi connectivity index (χ3v) is 10.7. The predicted molar refractivity (Wildman–Crippen MR) is 217 cm³/mol. The molecule has 0 bridgehead atoms. The number of nitrogens with zero attached hydrogens (tertiary/aromatic N) is 3. The van der Waals surface area contributed by atoms with Crippen molar-refractivity contribution in [1.29, 1.82) is 0 Å². The number of phosphoric acid groups is 1. The summed E-state index contributed by atoms with van der Waals surface area (Å²) >= 11 is 0. The van der Waals surface area contributed by atoms with Crippen LogP contribution in [0.5, 0.6) is 0 Å². The number of unbranched alkanes of at least 4 members (excludes halogenated alkanes) is 20. The van der Waals surface area contributed by atoms with Gasteiger partial charge >= 0.3 is 25.8 Å². The van der Waals surface area contributed by atoms with E-state index in [1.807, 2.05) is 0 Å². The molecule has 0 aliphatic heterocycles. The highest BCUT2D eigenvalue weighted by Gasteiger charge is 2.32. The van der Waals surface area contributed by atoms with Gasteiger partial charge in [0.05, 0.1) is 17.2 Å². The SMILES string of the molecule is CCCCCCCCCCCCCCCC(=O)OC[C@H](CO[P+]([O-])(O)OC[C@H](O)CO)OC(=O)CCCCCCCCCCCNc1ccc([N+](=O)O)c2nonc12. The molecule has 0 saturated heterocycles. The highest BCUT2D eigenvalue weighted by molar-refractivity contribution is 7.52. The van der Waals surface area contributed by atoms with Crippen molar-refractivity contribution in [2.75, 3.05) is 38.3 Å². The van der Waals surface area contributed by atoms with E-state index < -0.39 is 52.1 Å². The van der Waals surface area contributed by atoms with Gasteiger partial charge in [-0.3, -0.25) is 9.59 Å². The molecule has 18 heteroatoms. The molecule has 0 radical (unpaired) electrons. The molecule has 0 aliphatic carbocycles. The normalized spacial score (nSPS) is 13.6. The van der Waals surface area contributed by atoms with E-state index in [9.17, 15) is 34.6 Å². The molecule has 17 nitrogen and oxygen atoms in total. The lowest BCUT2D eigenvalue weighted by Crippen LogP contribution is -2.32. The zero-order valence-corrected chi connectivity index (χ0v) is 35.5. The van der Waals surface area contributed by atoms with Crippen molar-refractivity contribution in [2.24, 2.45) is 0 Å². The lowest BCUT2D eigenvalue weighted by molar-refractivity contribution is -0.728. The van der Waals surface area contributed by atoms with E-state index in [1.165, 1.54) is 63.9 Å². The van der Waals surface area contributed by atoms with Crippen LogP contribution in [-0.4, -0.2) is 92.7 Å². The molecule has 1 unspecified atom stereocenters. The molecule has 58 heavy (non-hydrogen) atoms. The van der Waals surface area contributed by atoms with Crippen molar-refractivity contribution in [3.8, 4) is 0 Å². The minimum Gasteiger partial charge on any atom is -0.606 e. The van der Waals surface area contributed by atoms with Crippen molar-refractivity contribution in [1.82, 2.24) is 10.3 Å². The van der Waals surface area contributed by atoms with Gasteiger partial charge in [-0.15, -0.1) is 0 Å². The van der Waals surface area contributed by atoms with Crippen LogP contribution in [0.2, 0.25) is 0 Å². The van der Waals surface area contributed by atoms with Crippen molar-refractivity contribution in [3.63, 3.8) is 0 Å². The Hall–Kier alpha value is -3.05. The fourth-order valence-electron chi connectivity index (χ4n) is 6.36. The number of benzene rings is 1. The Bertz CT molecular complexity index is 1400. The number of fused-ring (bicyclic) bond motifs is 1. The fourth-order valence-corrected chi connectivity index (χ4v) is 7.15. The first kappa shape index (κ1) is 51.1. The number of aromatic nitrogens is 2. The van der Waals surface area contributed by atoms with Gasteiger partial charge in [0.1, 0.15) is 25.9 Å². The Labute approximate surface area is 343 Å². The molecule has 0 spiro atoms. The second-order valence-electron chi connectivity index (χ2n) is 14.9. The summed E-state index contributed by atoms with van der Waals surface area (Å²) in [6.45, 7) is 0.708. The number of nitrogens with one attached hydrogen (secondary N) is 1. The number of esters is 2. The molecular formula is C40H70N4O13P+. The van der Waals surface area contributed by atoms with Gasteiger partial charge in [0.2, 0.25) is 5.52 Å². The van der Waals surface area contributed by atoms with Crippen LogP contribution >= 0.6 is 8.17 Å². The Morgan fingerprint density at radius 2 is 1.26 bits per heavy atom. The Morgan fingerprint density at radius 3 is 1.81 bits per heavy atom. The third-order valence-electron chi connectivity index (χ3n) is 9.75. The number of anilines is 1. The first-order valence-corrected chi connectivity index (χ1v) is 23.0. The van der Waals surface area contributed by atoms with Crippen LogP contribution in [0.4, 0.5) is 11.4 Å². The summed E-state index contributed by atoms with van der Waals surface area (Å²) in [5.74, 6) is -0.998. The van der Waals surface area contributed by atoms with Gasteiger partial charge < -0.3 is 29.9 Å². The quantitative estimate of drug-likeness (QED) is 0.0188. The maximum Gasteiger partial charge on any atom is 0.377 e. The minimum absolute atomic E-state index is 0.0378. The van der Waals surface area contributed by atoms with Crippen LogP contribution in [0, 0.1) is 4.91 Å². The predicted octanol–water partition coefficient (Wildman–Crippen LogP) is 7.69. The molecule has 0 saturated carbocycles. The minimum atomic E-state index is -4.65. The molecule has 1 aromatic heterocycles. The summed E-state index contributed by atoms with van der Waals surface area (Å²) in [5, 5.41) is 38.3. The summed E-state index contributed by atoms with van der Waals surface area (Å²) in [5.41, 5.74) is 1.19. The number of aliphatic hydroxyl groups excluding tert-OH is 2. The molecule has 0 amide bonds. The number of rotatable bonds is 38. The zero-order valence-electron chi connectivity index (χ0n) is 34.6. The van der Waals surface area contributed by atoms with Crippen molar-refractivity contribution >= 4 is 42.5 Å². The summed E-state index contributed by atoms with van der Waals surface area (Å²) in [6.07, 6.45) is 21.9. The van der Waals surface area contributed by atoms with Crippen molar-refractivity contribution in [2.45, 2.75) is 173 Å². The highest BCUT2D eigenvalue weighted by Crippen LogP contribution is 2.47. The highest BCUT2D eigenvalue weighted by atomic mass is 31.2. The second kappa shape index (κ2) is 31.8. The number of hydrogen-bond donors (Lipinski definition) is 5. The summed E-state index contributed by atoms with van der Waals surface area (Å²) in [7, 11) is -4.65. The Morgan fingerprint density at radius 1 is 0.759 bits per heavy atom. The standard InChI is InChI=1S/C40H69N4O13P/c1-2-3-4-5-6-7-8-9-10-12-15-18-21-24-37(47)53-31-34(32-55-58(51,52)54-30-33(46)29-45)56-38(48)25-22-19-16-13-11-14-17-20-23-28-41-35-26-27-36(44(49)50)40-39(35)42-57-43-40/h26-27,33-34,45-46H,2-25,28-32H2,1H3,(H2-,41,43,49,50,51,52)/p+1/t33-,34-/m1/s1. The van der Waals surface area contributed by atoms with Crippen LogP contribution in [-0.2, 0) is 28.1 Å². The van der Waals surface area contributed by atoms with E-state index in [4.69, 9.17) is 23.7 Å². The number of phosphoric ester groups is 1. The molecule has 1 heterocycles. The zero-order chi connectivity index (χ0) is 42.3. The molecule has 0 fully saturated rings. The number of hydrogen-bond acceptors (Lipinski definition) is 15. The first-order chi connectivity index (χ1) is 28.1. The van der Waals surface area contributed by atoms with Crippen molar-refractivity contribution in [3.05, 3.63) is 17.0 Å². The van der Waals surface area contributed by atoms with Crippen LogP contribution in [0.3, 0.4) is 0 Å². The molecule has 0 aliphatic rings. The lowest BCUT2D eigenvalue weighted by atomic mass is 10.0. The van der Waals surface area contributed by atoms with E-state index in [1.54, 1.807) is 6.07 Å². The monoisotopic (exact) mass is 845 g/mol. The van der Waals surface area contributed by atoms with Gasteiger partial charge in [0, 0.05) is 25.5 Å². The number of carbonyl (C=O) groups is 2. The van der Waals surface area contributed by atoms with Crippen molar-refractivity contribution < 1.29 is 62.9 Å². The van der Waals surface area contributed by atoms with E-state index in [-0.39, 0.29) is 35.6 Å². The molecule has 2 aromatic rings. The average molecular weight is 846 g/mol. The largest absolute Gasteiger partial charge is 0.606 e. The summed E-state index contributed by atoms with van der Waals surface area (Å²) < 4.78 is 25.2. The third kappa shape index (κ3) is 24.1. The maximum absolute atomic E-state index is 12.6. The Kier molecular flexibility index (Phi) is 28.0. The van der Waals surface area contributed by atoms with E-state index in [0.717, 1.165) is 70.6 Å². The van der Waals surface area contributed by atoms with Gasteiger partial charge in [0.15, 0.2) is 11.6 Å². The summed E-state index contributed by atoms with van der Waals surface area (Å²) in [6, 6.07) is 3.10. The van der Waals surface area contributed by atoms with Crippen LogP contribution in [0.15, 0.2) is 16.8 Å². The van der Waals surface area contributed by atoms with E-state index >= 15 is 0 Å². The summed E-state index contributed by atoms with van der Waals surface area (Å²) in [4.78, 5) is 58.3. The molecule has 2 rings (SSSR count). The van der Waals surface area contributed by atoms with Gasteiger partial charge in [-0.2, -0.15) is 13.9 Å². The fraction of sp³-hybridized carbons (Fsp3) is 0.800. The molecule has 5 N–H and O–H groups in total. The van der Waals surface area contributed by atoms with Gasteiger partial charge in [-0.1, -0.05) is 129 Å². The molecule has 332 valence electrons. The number of aliphatic hydroxyl groups is 2. The maximum atomic E-state index is 12.6. The van der Waals surface area contributed by atoms with E-state index in [0.29, 0.717) is 30.6 Å². The number of ether oxygens (including phenoxy) is 2. The molecule has 1 aromatic carbocycles. The number of carbonyl (C=O) groups excluding carboxylic acids is 2. The second-order valence-corrected chi connectivity index (χ2v) is 16.4. The average Bonchev–Trinajstić information content (AvgIpc) is 3.70. The lowest BCUT2D eigenvalue weighted by Gasteiger charge is -2.23. The Balaban J connectivity index is 1.58. The van der Waals surface area contributed by atoms with Crippen LogP contribution < -0.4 is 10.2 Å². The molecule has 3 atom stereocenters. The molecular weight excluding hydrogens is 775 g/mol. The van der Waals surface area contributed by atoms with Crippen LogP contribution in [0.25, 0.3) is 11.0 Å². The van der Waals surface area contributed by atoms with Gasteiger partial charge in [-0.05, 0) is 35.6 Å². The smallest absolute Gasteiger partial charge is 0.377 e. The first-order valence-electron chi connectivity index (χ1n) is 21.5. The van der Waals surface area contributed by atoms with E-state index in [2.05, 4.69) is 27.1 Å². The van der Waals surface area contributed by atoms with Gasteiger partial charge in [-0.25, -0.2) is 9.84 Å². The van der Waals surface area contributed by atoms with Gasteiger partial charge in [0.25, 0.3) is 4.92 Å².